The first-order valence-electron chi connectivity index (χ1n) is 10.1. The van der Waals surface area contributed by atoms with Gasteiger partial charge >= 0.3 is 0 Å². The molecule has 7 heteroatoms. The fraction of sp³-hybridized carbons (Fsp3) is 0.348. The lowest BCUT2D eigenvalue weighted by Crippen LogP contribution is -2.40. The Morgan fingerprint density at radius 2 is 1.70 bits per heavy atom. The molecule has 0 unspecified atom stereocenters. The molecule has 0 spiro atoms. The molecule has 0 amide bonds. The van der Waals surface area contributed by atoms with Gasteiger partial charge in [0.05, 0.1) is 10.2 Å². The van der Waals surface area contributed by atoms with Gasteiger partial charge in [-0.05, 0) is 56.4 Å². The summed E-state index contributed by atoms with van der Waals surface area (Å²) in [4.78, 5) is 4.66. The van der Waals surface area contributed by atoms with Crippen LogP contribution >= 0.6 is 11.3 Å². The number of piperidine rings is 1. The molecule has 0 aliphatic carbocycles. The lowest BCUT2D eigenvalue weighted by molar-refractivity contribution is 0.135. The quantitative estimate of drug-likeness (QED) is 0.554. The van der Waals surface area contributed by atoms with Crippen molar-refractivity contribution in [2.75, 3.05) is 13.1 Å². The van der Waals surface area contributed by atoms with Crippen LogP contribution in [0.5, 0.6) is 5.19 Å². The van der Waals surface area contributed by atoms with Gasteiger partial charge in [0.25, 0.3) is 5.19 Å². The summed E-state index contributed by atoms with van der Waals surface area (Å²) < 4.78 is 34.2. The summed E-state index contributed by atoms with van der Waals surface area (Å²) in [5, 5.41) is 1.97. The molecule has 3 aromatic rings. The molecule has 1 aromatic heterocycles. The molecule has 0 N–H and O–H groups in total. The van der Waals surface area contributed by atoms with E-state index in [4.69, 9.17) is 4.74 Å². The zero-order chi connectivity index (χ0) is 21.3. The molecular formula is C23H26N2O3S2. The van der Waals surface area contributed by atoms with Gasteiger partial charge in [-0.25, -0.2) is 13.4 Å². The molecule has 1 aliphatic rings. The van der Waals surface area contributed by atoms with Gasteiger partial charge in [-0.1, -0.05) is 53.3 Å². The maximum Gasteiger partial charge on any atom is 0.274 e. The molecule has 5 nitrogen and oxygen atoms in total. The van der Waals surface area contributed by atoms with Crippen LogP contribution in [0.2, 0.25) is 0 Å². The topological polar surface area (TPSA) is 59.5 Å². The number of aryl methyl sites for hydroxylation is 3. The molecule has 1 aliphatic heterocycles. The maximum absolute atomic E-state index is 12.7. The zero-order valence-electron chi connectivity index (χ0n) is 17.5. The van der Waals surface area contributed by atoms with E-state index in [1.807, 2.05) is 31.2 Å². The Hall–Kier alpha value is -2.22. The monoisotopic (exact) mass is 442 g/mol. The number of nitrogens with zero attached hydrogens (tertiary/aromatic N) is 2. The summed E-state index contributed by atoms with van der Waals surface area (Å²) in [5.74, 6) is 0. The summed E-state index contributed by atoms with van der Waals surface area (Å²) in [6.45, 7) is 7.05. The fourth-order valence-corrected chi connectivity index (χ4v) is 5.81. The number of benzene rings is 2. The van der Waals surface area contributed by atoms with Crippen molar-refractivity contribution in [3.05, 3.63) is 64.1 Å². The van der Waals surface area contributed by atoms with Crippen molar-refractivity contribution >= 4 is 37.7 Å². The highest BCUT2D eigenvalue weighted by molar-refractivity contribution is 7.92. The third kappa shape index (κ3) is 4.58. The standard InChI is InChI=1S/C23H26N2O3S2/c1-16-4-8-19(9-5-16)12-15-30(26,27)25-13-10-20(11-14-25)28-23-24-21-17(2)6-7-18(3)22(21)29-23/h4-9,12,15,20H,10-11,13-14H2,1-3H3/b15-12+. The van der Waals surface area contributed by atoms with E-state index in [1.165, 1.54) is 15.3 Å². The predicted molar refractivity (Wildman–Crippen MR) is 123 cm³/mol. The number of fused-ring (bicyclic) bond motifs is 1. The highest BCUT2D eigenvalue weighted by Gasteiger charge is 2.28. The highest BCUT2D eigenvalue weighted by Crippen LogP contribution is 2.33. The molecule has 1 fully saturated rings. The third-order valence-corrected chi connectivity index (χ3v) is 8.11. The van der Waals surface area contributed by atoms with Crippen LogP contribution in [0.25, 0.3) is 16.3 Å². The number of hydrogen-bond acceptors (Lipinski definition) is 5. The van der Waals surface area contributed by atoms with Crippen molar-refractivity contribution in [3.8, 4) is 5.19 Å². The Morgan fingerprint density at radius 3 is 2.37 bits per heavy atom. The lowest BCUT2D eigenvalue weighted by atomic mass is 10.1. The van der Waals surface area contributed by atoms with Gasteiger partial charge in [0.2, 0.25) is 10.0 Å². The van der Waals surface area contributed by atoms with E-state index < -0.39 is 10.0 Å². The van der Waals surface area contributed by atoms with Gasteiger partial charge in [0.1, 0.15) is 6.10 Å². The number of rotatable bonds is 5. The second kappa shape index (κ2) is 8.49. The first kappa shape index (κ1) is 21.0. The molecule has 2 heterocycles. The Morgan fingerprint density at radius 1 is 1.03 bits per heavy atom. The van der Waals surface area contributed by atoms with Gasteiger partial charge in [-0.3, -0.25) is 0 Å². The SMILES string of the molecule is Cc1ccc(/C=C/S(=O)(=O)N2CCC(Oc3nc4c(C)ccc(C)c4s3)CC2)cc1. The van der Waals surface area contributed by atoms with E-state index >= 15 is 0 Å². The largest absolute Gasteiger partial charge is 0.467 e. The molecule has 30 heavy (non-hydrogen) atoms. The summed E-state index contributed by atoms with van der Waals surface area (Å²) in [6, 6.07) is 12.0. The smallest absolute Gasteiger partial charge is 0.274 e. The second-order valence-corrected chi connectivity index (χ2v) is 10.6. The summed E-state index contributed by atoms with van der Waals surface area (Å²) in [5.41, 5.74) is 5.36. The van der Waals surface area contributed by atoms with Crippen molar-refractivity contribution in [3.63, 3.8) is 0 Å². The molecule has 158 valence electrons. The first-order valence-corrected chi connectivity index (χ1v) is 12.4. The Bertz CT molecular complexity index is 1130. The number of aromatic nitrogens is 1. The Balaban J connectivity index is 1.38. The number of thiazole rings is 1. The van der Waals surface area contributed by atoms with Gasteiger partial charge < -0.3 is 4.74 Å². The van der Waals surface area contributed by atoms with Crippen LogP contribution in [-0.2, 0) is 10.0 Å². The van der Waals surface area contributed by atoms with E-state index in [-0.39, 0.29) is 6.10 Å². The number of ether oxygens (including phenoxy) is 1. The van der Waals surface area contributed by atoms with E-state index in [9.17, 15) is 8.42 Å². The minimum Gasteiger partial charge on any atom is -0.467 e. The average molecular weight is 443 g/mol. The van der Waals surface area contributed by atoms with Crippen LogP contribution in [0.1, 0.15) is 35.1 Å². The van der Waals surface area contributed by atoms with Gasteiger partial charge in [0.15, 0.2) is 0 Å². The molecule has 0 radical (unpaired) electrons. The van der Waals surface area contributed by atoms with Crippen molar-refractivity contribution in [1.82, 2.24) is 9.29 Å². The van der Waals surface area contributed by atoms with Crippen LogP contribution in [0.4, 0.5) is 0 Å². The van der Waals surface area contributed by atoms with E-state index in [1.54, 1.807) is 17.4 Å². The first-order chi connectivity index (χ1) is 14.3. The van der Waals surface area contributed by atoms with E-state index in [2.05, 4.69) is 31.0 Å². The summed E-state index contributed by atoms with van der Waals surface area (Å²) in [7, 11) is -3.44. The molecule has 0 atom stereocenters. The minimum atomic E-state index is -3.44. The predicted octanol–water partition coefficient (Wildman–Crippen LogP) is 5.07. The fourth-order valence-electron chi connectivity index (χ4n) is 3.57. The molecule has 1 saturated heterocycles. The Kier molecular flexibility index (Phi) is 5.95. The Labute approximate surface area is 182 Å². The van der Waals surface area contributed by atoms with Crippen LogP contribution in [-0.4, -0.2) is 36.9 Å². The van der Waals surface area contributed by atoms with Gasteiger partial charge in [-0.15, -0.1) is 0 Å². The molecule has 0 bridgehead atoms. The molecule has 4 rings (SSSR count). The van der Waals surface area contributed by atoms with Gasteiger partial charge in [0, 0.05) is 18.5 Å². The van der Waals surface area contributed by atoms with Crippen molar-refractivity contribution in [2.24, 2.45) is 0 Å². The number of hydrogen-bond donors (Lipinski definition) is 0. The average Bonchev–Trinajstić information content (AvgIpc) is 3.16. The third-order valence-electron chi connectivity index (χ3n) is 5.46. The van der Waals surface area contributed by atoms with Crippen LogP contribution in [0.3, 0.4) is 0 Å². The van der Waals surface area contributed by atoms with Gasteiger partial charge in [-0.2, -0.15) is 4.31 Å². The summed E-state index contributed by atoms with van der Waals surface area (Å²) in [6.07, 6.45) is 2.96. The van der Waals surface area contributed by atoms with Crippen molar-refractivity contribution in [1.29, 1.82) is 0 Å². The van der Waals surface area contributed by atoms with Crippen molar-refractivity contribution in [2.45, 2.75) is 39.7 Å². The number of sulfonamides is 1. The van der Waals surface area contributed by atoms with Crippen LogP contribution < -0.4 is 4.74 Å². The van der Waals surface area contributed by atoms with Crippen LogP contribution in [0.15, 0.2) is 41.8 Å². The summed E-state index contributed by atoms with van der Waals surface area (Å²) >= 11 is 1.57. The van der Waals surface area contributed by atoms with Crippen LogP contribution in [0, 0.1) is 20.8 Å². The molecular weight excluding hydrogens is 416 g/mol. The van der Waals surface area contributed by atoms with E-state index in [0.29, 0.717) is 31.1 Å². The second-order valence-electron chi connectivity index (χ2n) is 7.83. The normalized spacial score (nSPS) is 16.5. The molecule has 0 saturated carbocycles. The lowest BCUT2D eigenvalue weighted by Gasteiger charge is -2.29. The zero-order valence-corrected chi connectivity index (χ0v) is 19.1. The van der Waals surface area contributed by atoms with E-state index in [0.717, 1.165) is 26.9 Å². The maximum atomic E-state index is 12.7. The van der Waals surface area contributed by atoms with Crippen molar-refractivity contribution < 1.29 is 13.2 Å². The highest BCUT2D eigenvalue weighted by atomic mass is 32.2. The molecule has 2 aromatic carbocycles. The minimum absolute atomic E-state index is 0.0151.